The lowest BCUT2D eigenvalue weighted by molar-refractivity contribution is 0.174. The SMILES string of the molecule is CCC/C(CC)=C(\CCC)[C@@H](NCCO[Si](C)(C)C(C)(C)C)c1ccc2c(c1)OCO2. The molecule has 1 heterocycles. The molecule has 31 heavy (non-hydrogen) atoms. The van der Waals surface area contributed by atoms with Crippen molar-refractivity contribution in [3.05, 3.63) is 34.9 Å². The van der Waals surface area contributed by atoms with E-state index in [-0.39, 0.29) is 11.1 Å². The number of rotatable bonds is 12. The molecule has 0 unspecified atom stereocenters. The first-order chi connectivity index (χ1) is 14.6. The Labute approximate surface area is 191 Å². The first-order valence-corrected chi connectivity index (χ1v) is 15.0. The molecule has 1 atom stereocenters. The van der Waals surface area contributed by atoms with E-state index in [1.165, 1.54) is 17.6 Å². The Hall–Kier alpha value is -1.30. The number of ether oxygens (including phenoxy) is 2. The minimum Gasteiger partial charge on any atom is -0.454 e. The van der Waals surface area contributed by atoms with Crippen LogP contribution in [-0.4, -0.2) is 28.3 Å². The van der Waals surface area contributed by atoms with Crippen LogP contribution in [0.2, 0.25) is 18.1 Å². The van der Waals surface area contributed by atoms with Gasteiger partial charge in [0.05, 0.1) is 6.04 Å². The average Bonchev–Trinajstić information content (AvgIpc) is 3.18. The van der Waals surface area contributed by atoms with Crippen LogP contribution >= 0.6 is 0 Å². The maximum atomic E-state index is 6.44. The van der Waals surface area contributed by atoms with Crippen molar-refractivity contribution in [2.24, 2.45) is 0 Å². The van der Waals surface area contributed by atoms with Gasteiger partial charge in [-0.2, -0.15) is 0 Å². The Balaban J connectivity index is 2.27. The summed E-state index contributed by atoms with van der Waals surface area (Å²) in [5.41, 5.74) is 4.38. The topological polar surface area (TPSA) is 39.7 Å². The summed E-state index contributed by atoms with van der Waals surface area (Å²) in [5.74, 6) is 1.69. The molecule has 1 N–H and O–H groups in total. The van der Waals surface area contributed by atoms with Gasteiger partial charge in [-0.15, -0.1) is 0 Å². The number of hydrogen-bond acceptors (Lipinski definition) is 4. The lowest BCUT2D eigenvalue weighted by Gasteiger charge is -2.36. The van der Waals surface area contributed by atoms with Gasteiger partial charge in [0.2, 0.25) is 6.79 Å². The molecule has 0 amide bonds. The van der Waals surface area contributed by atoms with Crippen molar-refractivity contribution >= 4 is 8.32 Å². The van der Waals surface area contributed by atoms with Gasteiger partial charge in [0.25, 0.3) is 0 Å². The second-order valence-electron chi connectivity index (χ2n) is 10.1. The van der Waals surface area contributed by atoms with Crippen molar-refractivity contribution in [3.63, 3.8) is 0 Å². The molecule has 1 aliphatic rings. The Morgan fingerprint density at radius 1 is 1.06 bits per heavy atom. The molecule has 0 bridgehead atoms. The Bertz CT molecular complexity index is 737. The highest BCUT2D eigenvalue weighted by atomic mass is 28.4. The minimum absolute atomic E-state index is 0.180. The fourth-order valence-corrected chi connectivity index (χ4v) is 4.97. The monoisotopic (exact) mass is 447 g/mol. The zero-order chi connectivity index (χ0) is 23.1. The highest BCUT2D eigenvalue weighted by Crippen LogP contribution is 2.39. The van der Waals surface area contributed by atoms with Crippen LogP contribution in [0.25, 0.3) is 0 Å². The lowest BCUT2D eigenvalue weighted by atomic mass is 9.88. The minimum atomic E-state index is -1.74. The highest BCUT2D eigenvalue weighted by molar-refractivity contribution is 6.74. The maximum absolute atomic E-state index is 6.44. The third kappa shape index (κ3) is 6.84. The second-order valence-corrected chi connectivity index (χ2v) is 14.9. The van der Waals surface area contributed by atoms with E-state index >= 15 is 0 Å². The van der Waals surface area contributed by atoms with Crippen LogP contribution in [0.1, 0.15) is 85.3 Å². The predicted octanol–water partition coefficient (Wildman–Crippen LogP) is 7.37. The van der Waals surface area contributed by atoms with Crippen molar-refractivity contribution in [2.75, 3.05) is 19.9 Å². The van der Waals surface area contributed by atoms with Crippen LogP contribution in [0.5, 0.6) is 11.5 Å². The third-order valence-corrected chi connectivity index (χ3v) is 11.3. The standard InChI is InChI=1S/C26H45NO3Si/c1-9-12-20(11-3)22(13-10-2)25(21-14-15-23-24(18-21)29-19-28-23)27-16-17-30-31(7,8)26(4,5)6/h14-15,18,25,27H,9-13,16-17,19H2,1-8H3/b22-20+/t25-/m0/s1. The van der Waals surface area contributed by atoms with E-state index in [2.05, 4.69) is 72.1 Å². The summed E-state index contributed by atoms with van der Waals surface area (Å²) in [5, 5.41) is 4.08. The van der Waals surface area contributed by atoms with Gasteiger partial charge in [-0.3, -0.25) is 0 Å². The van der Waals surface area contributed by atoms with Crippen LogP contribution in [0.15, 0.2) is 29.3 Å². The largest absolute Gasteiger partial charge is 0.454 e. The molecule has 0 radical (unpaired) electrons. The van der Waals surface area contributed by atoms with Crippen LogP contribution in [0, 0.1) is 0 Å². The second kappa shape index (κ2) is 11.5. The zero-order valence-electron chi connectivity index (χ0n) is 21.2. The fourth-order valence-electron chi connectivity index (χ4n) is 3.92. The van der Waals surface area contributed by atoms with E-state index in [4.69, 9.17) is 13.9 Å². The summed E-state index contributed by atoms with van der Waals surface area (Å²) < 4.78 is 17.7. The van der Waals surface area contributed by atoms with Crippen molar-refractivity contribution in [1.82, 2.24) is 5.32 Å². The molecule has 1 aromatic rings. The number of allylic oxidation sites excluding steroid dienone is 1. The molecule has 1 aromatic carbocycles. The van der Waals surface area contributed by atoms with Crippen LogP contribution in [0.3, 0.4) is 0 Å². The van der Waals surface area contributed by atoms with Crippen LogP contribution in [-0.2, 0) is 4.43 Å². The number of benzene rings is 1. The van der Waals surface area contributed by atoms with Gasteiger partial charge in [-0.05, 0) is 60.7 Å². The molecule has 2 rings (SSSR count). The highest BCUT2D eigenvalue weighted by Gasteiger charge is 2.37. The molecule has 0 fully saturated rings. The number of nitrogens with one attached hydrogen (secondary N) is 1. The summed E-state index contributed by atoms with van der Waals surface area (Å²) in [6.45, 7) is 20.2. The van der Waals surface area contributed by atoms with Crippen molar-refractivity contribution in [1.29, 1.82) is 0 Å². The van der Waals surface area contributed by atoms with Gasteiger partial charge < -0.3 is 19.2 Å². The average molecular weight is 448 g/mol. The molecule has 0 aliphatic carbocycles. The van der Waals surface area contributed by atoms with E-state index < -0.39 is 8.32 Å². The van der Waals surface area contributed by atoms with Crippen LogP contribution < -0.4 is 14.8 Å². The molecule has 0 spiro atoms. The molecular weight excluding hydrogens is 402 g/mol. The van der Waals surface area contributed by atoms with Gasteiger partial charge in [-0.25, -0.2) is 0 Å². The Morgan fingerprint density at radius 3 is 2.35 bits per heavy atom. The molecule has 1 aliphatic heterocycles. The molecule has 0 aromatic heterocycles. The van der Waals surface area contributed by atoms with Gasteiger partial charge in [0.15, 0.2) is 19.8 Å². The van der Waals surface area contributed by atoms with Gasteiger partial charge in [-0.1, -0.05) is 66.0 Å². The normalized spacial score (nSPS) is 15.7. The van der Waals surface area contributed by atoms with E-state index in [1.807, 2.05) is 6.07 Å². The van der Waals surface area contributed by atoms with Crippen LogP contribution in [0.4, 0.5) is 0 Å². The third-order valence-electron chi connectivity index (χ3n) is 6.75. The molecule has 0 saturated heterocycles. The summed E-state index contributed by atoms with van der Waals surface area (Å²) >= 11 is 0. The molecule has 176 valence electrons. The van der Waals surface area contributed by atoms with Crippen molar-refractivity contribution in [3.8, 4) is 11.5 Å². The lowest BCUT2D eigenvalue weighted by Crippen LogP contribution is -2.42. The summed E-state index contributed by atoms with van der Waals surface area (Å²) in [6, 6.07) is 6.57. The van der Waals surface area contributed by atoms with Gasteiger partial charge >= 0.3 is 0 Å². The molecule has 5 heteroatoms. The smallest absolute Gasteiger partial charge is 0.231 e. The Kier molecular flexibility index (Phi) is 9.65. The number of hydrogen-bond donors (Lipinski definition) is 1. The zero-order valence-corrected chi connectivity index (χ0v) is 22.2. The quantitative estimate of drug-likeness (QED) is 0.206. The summed E-state index contributed by atoms with van der Waals surface area (Å²) in [7, 11) is -1.74. The van der Waals surface area contributed by atoms with Crippen molar-refractivity contribution < 1.29 is 13.9 Å². The first-order valence-electron chi connectivity index (χ1n) is 12.1. The maximum Gasteiger partial charge on any atom is 0.231 e. The van der Waals surface area contributed by atoms with Gasteiger partial charge in [0.1, 0.15) is 0 Å². The van der Waals surface area contributed by atoms with E-state index in [1.54, 1.807) is 5.57 Å². The number of fused-ring (bicyclic) bond motifs is 1. The molecule has 0 saturated carbocycles. The molecular formula is C26H45NO3Si. The summed E-state index contributed by atoms with van der Waals surface area (Å²) in [4.78, 5) is 0. The Morgan fingerprint density at radius 2 is 1.74 bits per heavy atom. The predicted molar refractivity (Wildman–Crippen MR) is 134 cm³/mol. The van der Waals surface area contributed by atoms with Crippen molar-refractivity contribution in [2.45, 2.75) is 97.8 Å². The van der Waals surface area contributed by atoms with E-state index in [0.717, 1.165) is 50.3 Å². The van der Waals surface area contributed by atoms with E-state index in [9.17, 15) is 0 Å². The fraction of sp³-hybridized carbons (Fsp3) is 0.692. The van der Waals surface area contributed by atoms with Gasteiger partial charge in [0, 0.05) is 13.2 Å². The van der Waals surface area contributed by atoms with E-state index in [0.29, 0.717) is 6.79 Å². The first kappa shape index (κ1) is 26.0. The summed E-state index contributed by atoms with van der Waals surface area (Å²) in [6.07, 6.45) is 5.70. The molecule has 4 nitrogen and oxygen atoms in total.